The molecule has 194 valence electrons. The molecule has 5 nitrogen and oxygen atoms in total. The maximum Gasteiger partial charge on any atom is 0.238 e. The van der Waals surface area contributed by atoms with E-state index in [1.165, 1.54) is 0 Å². The van der Waals surface area contributed by atoms with Gasteiger partial charge in [-0.1, -0.05) is 69.2 Å². The van der Waals surface area contributed by atoms with Crippen molar-refractivity contribution in [3.05, 3.63) is 83.4 Å². The van der Waals surface area contributed by atoms with Crippen LogP contribution in [0.3, 0.4) is 0 Å². The van der Waals surface area contributed by atoms with Gasteiger partial charge < -0.3 is 4.74 Å². The van der Waals surface area contributed by atoms with Gasteiger partial charge in [0.25, 0.3) is 0 Å². The summed E-state index contributed by atoms with van der Waals surface area (Å²) in [6, 6.07) is 24.3. The Labute approximate surface area is 225 Å². The summed E-state index contributed by atoms with van der Waals surface area (Å²) in [6.45, 7) is 5.02. The number of hydrogen-bond donors (Lipinski definition) is 0. The molecule has 0 saturated heterocycles. The topological polar surface area (TPSA) is 65.7 Å². The van der Waals surface area contributed by atoms with Crippen LogP contribution in [-0.4, -0.2) is 24.4 Å². The zero-order chi connectivity index (χ0) is 26.5. The number of amidine groups is 1. The Balaban J connectivity index is 1.46. The minimum Gasteiger partial charge on any atom is -0.493 e. The van der Waals surface area contributed by atoms with Gasteiger partial charge in [0.05, 0.1) is 35.9 Å². The van der Waals surface area contributed by atoms with Gasteiger partial charge in [-0.15, -0.1) is 0 Å². The van der Waals surface area contributed by atoms with E-state index in [9.17, 15) is 10.1 Å². The first-order valence-electron chi connectivity index (χ1n) is 13.9. The fourth-order valence-electron chi connectivity index (χ4n) is 5.59. The van der Waals surface area contributed by atoms with Crippen LogP contribution >= 0.6 is 0 Å². The van der Waals surface area contributed by atoms with E-state index < -0.39 is 0 Å². The Morgan fingerprint density at radius 3 is 2.63 bits per heavy atom. The second kappa shape index (κ2) is 11.6. The molecule has 0 radical (unpaired) electrons. The zero-order valence-electron chi connectivity index (χ0n) is 22.3. The molecule has 1 amide bonds. The summed E-state index contributed by atoms with van der Waals surface area (Å²) in [5.41, 5.74) is 5.76. The van der Waals surface area contributed by atoms with E-state index in [0.717, 1.165) is 78.1 Å². The number of unbranched alkanes of at least 4 members (excludes halogenated alkanes) is 1. The lowest BCUT2D eigenvalue weighted by Gasteiger charge is -2.37. The van der Waals surface area contributed by atoms with E-state index in [4.69, 9.17) is 9.73 Å². The quantitative estimate of drug-likeness (QED) is 0.311. The molecule has 0 saturated carbocycles. The number of rotatable bonds is 9. The number of carbonyl (C=O) groups excluding carboxylic acids is 1. The molecule has 2 heterocycles. The Morgan fingerprint density at radius 1 is 1.05 bits per heavy atom. The average Bonchev–Trinajstić information content (AvgIpc) is 3.42. The van der Waals surface area contributed by atoms with Crippen molar-refractivity contribution >= 4 is 17.4 Å². The van der Waals surface area contributed by atoms with Crippen LogP contribution in [0.25, 0.3) is 11.1 Å². The lowest BCUT2D eigenvalue weighted by Crippen LogP contribution is -2.50. The van der Waals surface area contributed by atoms with Gasteiger partial charge in [-0.2, -0.15) is 5.26 Å². The third kappa shape index (κ3) is 5.22. The van der Waals surface area contributed by atoms with Gasteiger partial charge in [-0.25, -0.2) is 0 Å². The maximum atomic E-state index is 14.2. The molecule has 2 aliphatic rings. The average molecular weight is 506 g/mol. The molecule has 2 atom stereocenters. The molecule has 0 N–H and O–H groups in total. The summed E-state index contributed by atoms with van der Waals surface area (Å²) in [5.74, 6) is 1.73. The first-order valence-corrected chi connectivity index (χ1v) is 13.9. The highest BCUT2D eigenvalue weighted by atomic mass is 16.5. The van der Waals surface area contributed by atoms with Crippen LogP contribution < -0.4 is 9.64 Å². The van der Waals surface area contributed by atoms with Gasteiger partial charge in [0.2, 0.25) is 5.91 Å². The third-order valence-corrected chi connectivity index (χ3v) is 7.60. The van der Waals surface area contributed by atoms with E-state index in [2.05, 4.69) is 50.2 Å². The summed E-state index contributed by atoms with van der Waals surface area (Å²) >= 11 is 0. The monoisotopic (exact) mass is 505 g/mol. The molecule has 2 aliphatic heterocycles. The molecule has 3 aromatic rings. The van der Waals surface area contributed by atoms with Crippen molar-refractivity contribution in [3.8, 4) is 22.9 Å². The molecule has 0 fully saturated rings. The number of benzene rings is 3. The molecule has 2 unspecified atom stereocenters. The smallest absolute Gasteiger partial charge is 0.238 e. The molecular formula is C33H35N3O2. The van der Waals surface area contributed by atoms with E-state index in [0.29, 0.717) is 18.6 Å². The van der Waals surface area contributed by atoms with Crippen molar-refractivity contribution in [1.29, 1.82) is 5.26 Å². The van der Waals surface area contributed by atoms with E-state index in [1.807, 2.05) is 41.3 Å². The second-order valence-corrected chi connectivity index (χ2v) is 10.2. The summed E-state index contributed by atoms with van der Waals surface area (Å²) in [4.78, 5) is 21.4. The summed E-state index contributed by atoms with van der Waals surface area (Å²) in [7, 11) is 0. The van der Waals surface area contributed by atoms with Gasteiger partial charge in [0.15, 0.2) is 0 Å². The van der Waals surface area contributed by atoms with Crippen molar-refractivity contribution in [2.24, 2.45) is 10.9 Å². The zero-order valence-corrected chi connectivity index (χ0v) is 22.3. The van der Waals surface area contributed by atoms with Crippen LogP contribution in [0, 0.1) is 17.2 Å². The maximum absolute atomic E-state index is 14.2. The second-order valence-electron chi connectivity index (χ2n) is 10.2. The summed E-state index contributed by atoms with van der Waals surface area (Å²) in [6.07, 6.45) is 6.28. The fourth-order valence-corrected chi connectivity index (χ4v) is 5.59. The fraction of sp³-hybridized carbons (Fsp3) is 0.364. The van der Waals surface area contributed by atoms with Crippen molar-refractivity contribution in [1.82, 2.24) is 0 Å². The number of carbonyl (C=O) groups is 1. The SMILES string of the molecule is CCCCC1N=C(CCC)N(c2ccc3c(c2)CCO3)C(=O)C1Cc1ccc(-c2ccccc2C#N)cc1. The molecule has 0 aromatic heterocycles. The highest BCUT2D eigenvalue weighted by Gasteiger charge is 2.39. The van der Waals surface area contributed by atoms with Crippen LogP contribution in [-0.2, 0) is 17.6 Å². The van der Waals surface area contributed by atoms with Crippen LogP contribution in [0.5, 0.6) is 5.75 Å². The lowest BCUT2D eigenvalue weighted by molar-refractivity contribution is -0.122. The molecule has 0 spiro atoms. The Hall–Kier alpha value is -3.91. The van der Waals surface area contributed by atoms with Crippen LogP contribution in [0.1, 0.15) is 62.6 Å². The van der Waals surface area contributed by atoms with Crippen LogP contribution in [0.15, 0.2) is 71.7 Å². The predicted molar refractivity (Wildman–Crippen MR) is 153 cm³/mol. The molecule has 38 heavy (non-hydrogen) atoms. The van der Waals surface area contributed by atoms with Gasteiger partial charge in [-0.05, 0) is 65.8 Å². The largest absolute Gasteiger partial charge is 0.493 e. The van der Waals surface area contributed by atoms with Gasteiger partial charge in [0.1, 0.15) is 11.6 Å². The molecule has 5 heteroatoms. The first-order chi connectivity index (χ1) is 18.6. The summed E-state index contributed by atoms with van der Waals surface area (Å²) < 4.78 is 5.71. The van der Waals surface area contributed by atoms with Crippen LogP contribution in [0.2, 0.25) is 0 Å². The van der Waals surface area contributed by atoms with Crippen LogP contribution in [0.4, 0.5) is 5.69 Å². The van der Waals surface area contributed by atoms with E-state index in [1.54, 1.807) is 0 Å². The van der Waals surface area contributed by atoms with Crippen molar-refractivity contribution in [2.45, 2.75) is 64.8 Å². The lowest BCUT2D eigenvalue weighted by atomic mass is 9.85. The Bertz CT molecular complexity index is 1370. The molecular weight excluding hydrogens is 470 g/mol. The number of ether oxygens (including phenoxy) is 1. The Morgan fingerprint density at radius 2 is 1.87 bits per heavy atom. The summed E-state index contributed by atoms with van der Waals surface area (Å²) in [5, 5.41) is 9.50. The number of aliphatic imine (C=N–C) groups is 1. The highest BCUT2D eigenvalue weighted by Crippen LogP contribution is 2.35. The van der Waals surface area contributed by atoms with Gasteiger partial charge >= 0.3 is 0 Å². The standard InChI is InChI=1S/C33H35N3O2/c1-3-5-11-30-29(20-23-12-14-24(15-13-23)28-10-7-6-9-26(28)22-34)33(37)36(32(35-30)8-4-2)27-16-17-31-25(21-27)18-19-38-31/h6-7,9-10,12-17,21,29-30H,3-5,8,11,18-20H2,1-2H3. The number of amides is 1. The third-order valence-electron chi connectivity index (χ3n) is 7.60. The Kier molecular flexibility index (Phi) is 7.89. The predicted octanol–water partition coefficient (Wildman–Crippen LogP) is 7.12. The highest BCUT2D eigenvalue weighted by molar-refractivity contribution is 6.19. The van der Waals surface area contributed by atoms with Crippen molar-refractivity contribution < 1.29 is 9.53 Å². The first kappa shape index (κ1) is 25.7. The number of anilines is 1. The molecule has 5 rings (SSSR count). The van der Waals surface area contributed by atoms with Gasteiger partial charge in [-0.3, -0.25) is 14.7 Å². The molecule has 0 aliphatic carbocycles. The van der Waals surface area contributed by atoms with Crippen molar-refractivity contribution in [2.75, 3.05) is 11.5 Å². The minimum atomic E-state index is -0.219. The number of nitriles is 1. The number of nitrogens with zero attached hydrogens (tertiary/aromatic N) is 3. The van der Waals surface area contributed by atoms with E-state index in [-0.39, 0.29) is 17.9 Å². The van der Waals surface area contributed by atoms with E-state index >= 15 is 0 Å². The number of fused-ring (bicyclic) bond motifs is 1. The normalized spacial score (nSPS) is 18.5. The minimum absolute atomic E-state index is 0.0167. The molecule has 3 aromatic carbocycles. The molecule has 0 bridgehead atoms. The van der Waals surface area contributed by atoms with Crippen molar-refractivity contribution in [3.63, 3.8) is 0 Å². The van der Waals surface area contributed by atoms with Gasteiger partial charge in [0, 0.05) is 12.8 Å². The number of hydrogen-bond acceptors (Lipinski definition) is 4.